The summed E-state index contributed by atoms with van der Waals surface area (Å²) in [6, 6.07) is 1.06. The minimum absolute atomic E-state index is 0.0378. The van der Waals surface area contributed by atoms with Gasteiger partial charge in [-0.25, -0.2) is 17.5 Å². The van der Waals surface area contributed by atoms with Gasteiger partial charge in [0.25, 0.3) is 5.69 Å². The number of nitrogens with zero attached hydrogens (tertiary/aromatic N) is 1. The van der Waals surface area contributed by atoms with Crippen LogP contribution in [0.25, 0.3) is 0 Å². The van der Waals surface area contributed by atoms with Crippen LogP contribution >= 0.6 is 11.6 Å². The number of sulfonamides is 1. The lowest BCUT2D eigenvalue weighted by molar-refractivity contribution is -0.384. The van der Waals surface area contributed by atoms with Crippen molar-refractivity contribution in [2.45, 2.75) is 37.1 Å². The first kappa shape index (κ1) is 19.3. The Kier molecular flexibility index (Phi) is 5.67. The Morgan fingerprint density at radius 3 is 2.52 bits per heavy atom. The predicted molar refractivity (Wildman–Crippen MR) is 79.3 cm³/mol. The van der Waals surface area contributed by atoms with Gasteiger partial charge in [-0.2, -0.15) is 0 Å². The van der Waals surface area contributed by atoms with Crippen molar-refractivity contribution in [3.05, 3.63) is 33.1 Å². The number of nitro groups is 1. The SMILES string of the molecule is CC(C)(CCC(=O)O)NS(=O)(=O)c1cc(Cl)c([N+](=O)[O-])cc1F. The van der Waals surface area contributed by atoms with E-state index in [1.165, 1.54) is 13.8 Å². The van der Waals surface area contributed by atoms with Gasteiger partial charge in [0.2, 0.25) is 10.0 Å². The number of carboxylic acids is 1. The number of carbonyl (C=O) groups is 1. The Morgan fingerprint density at radius 2 is 2.04 bits per heavy atom. The zero-order valence-electron chi connectivity index (χ0n) is 12.2. The highest BCUT2D eigenvalue weighted by Gasteiger charge is 2.30. The summed E-state index contributed by atoms with van der Waals surface area (Å²) in [5.41, 5.74) is -1.92. The van der Waals surface area contributed by atoms with Gasteiger partial charge in [0.05, 0.1) is 11.0 Å². The lowest BCUT2D eigenvalue weighted by Crippen LogP contribution is -2.43. The van der Waals surface area contributed by atoms with Crippen molar-refractivity contribution < 1.29 is 27.6 Å². The van der Waals surface area contributed by atoms with Crippen LogP contribution in [0.3, 0.4) is 0 Å². The molecular weight excluding hydrogens is 355 g/mol. The van der Waals surface area contributed by atoms with E-state index < -0.39 is 47.9 Å². The second-order valence-electron chi connectivity index (χ2n) is 5.37. The van der Waals surface area contributed by atoms with E-state index in [0.717, 1.165) is 0 Å². The smallest absolute Gasteiger partial charge is 0.303 e. The van der Waals surface area contributed by atoms with Crippen LogP contribution < -0.4 is 4.72 Å². The molecule has 1 aromatic rings. The third-order valence-electron chi connectivity index (χ3n) is 2.86. The fourth-order valence-electron chi connectivity index (χ4n) is 1.75. The predicted octanol–water partition coefficient (Wildman–Crippen LogP) is 2.31. The van der Waals surface area contributed by atoms with Crippen LogP contribution in [0.1, 0.15) is 26.7 Å². The van der Waals surface area contributed by atoms with E-state index in [1.54, 1.807) is 0 Å². The van der Waals surface area contributed by atoms with E-state index in [4.69, 9.17) is 16.7 Å². The van der Waals surface area contributed by atoms with Gasteiger partial charge in [0.15, 0.2) is 0 Å². The summed E-state index contributed by atoms with van der Waals surface area (Å²) >= 11 is 5.60. The number of nitrogens with one attached hydrogen (secondary N) is 1. The molecule has 8 nitrogen and oxygen atoms in total. The molecule has 1 aromatic carbocycles. The van der Waals surface area contributed by atoms with Gasteiger partial charge in [-0.1, -0.05) is 11.6 Å². The average molecular weight is 369 g/mol. The van der Waals surface area contributed by atoms with Gasteiger partial charge < -0.3 is 5.11 Å². The standard InChI is InChI=1S/C12H14ClFN2O6S/c1-12(2,4-3-11(17)18)15-23(21,22)10-5-7(13)9(16(19)20)6-8(10)14/h5-6,15H,3-4H2,1-2H3,(H,17,18). The van der Waals surface area contributed by atoms with Crippen molar-refractivity contribution in [1.82, 2.24) is 4.72 Å². The molecule has 23 heavy (non-hydrogen) atoms. The maximum Gasteiger partial charge on any atom is 0.303 e. The largest absolute Gasteiger partial charge is 0.481 e. The highest BCUT2D eigenvalue weighted by Crippen LogP contribution is 2.30. The molecule has 128 valence electrons. The van der Waals surface area contributed by atoms with Crippen LogP contribution in [0.5, 0.6) is 0 Å². The maximum atomic E-state index is 13.9. The molecule has 2 N–H and O–H groups in total. The Balaban J connectivity index is 3.16. The van der Waals surface area contributed by atoms with Gasteiger partial charge >= 0.3 is 5.97 Å². The molecular formula is C12H14ClFN2O6S. The Labute approximate surface area is 136 Å². The number of hydrogen-bond acceptors (Lipinski definition) is 5. The van der Waals surface area contributed by atoms with E-state index in [0.29, 0.717) is 12.1 Å². The number of carboxylic acid groups (broad SMARTS) is 1. The summed E-state index contributed by atoms with van der Waals surface area (Å²) in [6.07, 6.45) is -0.330. The lowest BCUT2D eigenvalue weighted by atomic mass is 10.0. The lowest BCUT2D eigenvalue weighted by Gasteiger charge is -2.25. The quantitative estimate of drug-likeness (QED) is 0.561. The maximum absolute atomic E-state index is 13.9. The zero-order chi connectivity index (χ0) is 18.0. The van der Waals surface area contributed by atoms with Crippen molar-refractivity contribution in [3.8, 4) is 0 Å². The molecule has 0 spiro atoms. The summed E-state index contributed by atoms with van der Waals surface area (Å²) in [5, 5.41) is 18.8. The van der Waals surface area contributed by atoms with Crippen LogP contribution in [0, 0.1) is 15.9 Å². The van der Waals surface area contributed by atoms with Crippen LogP contribution in [-0.2, 0) is 14.8 Å². The number of rotatable bonds is 7. The zero-order valence-corrected chi connectivity index (χ0v) is 13.7. The van der Waals surface area contributed by atoms with Crippen LogP contribution in [-0.4, -0.2) is 30.0 Å². The number of benzene rings is 1. The van der Waals surface area contributed by atoms with E-state index in [9.17, 15) is 27.7 Å². The van der Waals surface area contributed by atoms with E-state index >= 15 is 0 Å². The molecule has 0 amide bonds. The third-order valence-corrected chi connectivity index (χ3v) is 4.88. The molecule has 1 rings (SSSR count). The van der Waals surface area contributed by atoms with Crippen LogP contribution in [0.4, 0.5) is 10.1 Å². The Bertz CT molecular complexity index is 750. The second-order valence-corrected chi connectivity index (χ2v) is 7.43. The van der Waals surface area contributed by atoms with Crippen molar-refractivity contribution in [3.63, 3.8) is 0 Å². The molecule has 0 saturated heterocycles. The van der Waals surface area contributed by atoms with Crippen molar-refractivity contribution in [2.75, 3.05) is 0 Å². The first-order valence-electron chi connectivity index (χ1n) is 6.25. The van der Waals surface area contributed by atoms with E-state index in [1.807, 2.05) is 0 Å². The van der Waals surface area contributed by atoms with Crippen molar-refractivity contribution in [2.24, 2.45) is 0 Å². The summed E-state index contributed by atoms with van der Waals surface area (Å²) in [6.45, 7) is 2.86. The molecule has 0 unspecified atom stereocenters. The number of nitro benzene ring substituents is 1. The van der Waals surface area contributed by atoms with Crippen molar-refractivity contribution >= 4 is 33.3 Å². The first-order chi connectivity index (χ1) is 10.4. The van der Waals surface area contributed by atoms with Gasteiger partial charge in [0.1, 0.15) is 15.7 Å². The van der Waals surface area contributed by atoms with Crippen molar-refractivity contribution in [1.29, 1.82) is 0 Å². The average Bonchev–Trinajstić information content (AvgIpc) is 2.37. The molecule has 0 heterocycles. The second kappa shape index (κ2) is 6.77. The molecule has 0 aliphatic carbocycles. The molecule has 0 aliphatic rings. The topological polar surface area (TPSA) is 127 Å². The Morgan fingerprint density at radius 1 is 1.48 bits per heavy atom. The molecule has 0 radical (unpaired) electrons. The monoisotopic (exact) mass is 368 g/mol. The third kappa shape index (κ3) is 5.12. The first-order valence-corrected chi connectivity index (χ1v) is 8.11. The molecule has 11 heteroatoms. The summed E-state index contributed by atoms with van der Waals surface area (Å²) < 4.78 is 40.5. The number of aliphatic carboxylic acids is 1. The van der Waals surface area contributed by atoms with E-state index in [-0.39, 0.29) is 12.8 Å². The number of halogens is 2. The van der Waals surface area contributed by atoms with Gasteiger partial charge in [-0.3, -0.25) is 14.9 Å². The van der Waals surface area contributed by atoms with Crippen LogP contribution in [0.15, 0.2) is 17.0 Å². The summed E-state index contributed by atoms with van der Waals surface area (Å²) in [7, 11) is -4.39. The molecule has 0 atom stereocenters. The fraction of sp³-hybridized carbons (Fsp3) is 0.417. The molecule has 0 bridgehead atoms. The Hall–Kier alpha value is -1.78. The molecule has 0 saturated carbocycles. The fourth-order valence-corrected chi connectivity index (χ4v) is 3.58. The van der Waals surface area contributed by atoms with E-state index in [2.05, 4.69) is 4.72 Å². The van der Waals surface area contributed by atoms with Gasteiger partial charge in [0, 0.05) is 12.0 Å². The van der Waals surface area contributed by atoms with Crippen LogP contribution in [0.2, 0.25) is 5.02 Å². The summed E-state index contributed by atoms with van der Waals surface area (Å²) in [5.74, 6) is -2.44. The molecule has 0 aromatic heterocycles. The highest BCUT2D eigenvalue weighted by molar-refractivity contribution is 7.89. The molecule has 0 aliphatic heterocycles. The number of hydrogen-bond donors (Lipinski definition) is 2. The molecule has 0 fully saturated rings. The minimum Gasteiger partial charge on any atom is -0.481 e. The van der Waals surface area contributed by atoms with Gasteiger partial charge in [-0.15, -0.1) is 0 Å². The normalized spacial score (nSPS) is 12.2. The minimum atomic E-state index is -4.39. The van der Waals surface area contributed by atoms with Gasteiger partial charge in [-0.05, 0) is 26.3 Å². The summed E-state index contributed by atoms with van der Waals surface area (Å²) in [4.78, 5) is 19.4. The highest BCUT2D eigenvalue weighted by atomic mass is 35.5.